The third kappa shape index (κ3) is 7.11. The van der Waals surface area contributed by atoms with Crippen LogP contribution in [0.5, 0.6) is 0 Å². The molecule has 2 N–H and O–H groups in total. The minimum absolute atomic E-state index is 0.0258. The molecule has 1 aromatic carbocycles. The molecule has 1 aromatic heterocycles. The molecule has 2 aromatic rings. The second-order valence-corrected chi connectivity index (χ2v) is 6.90. The number of nitrogens with one attached hydrogen (secondary N) is 2. The van der Waals surface area contributed by atoms with E-state index in [1.807, 2.05) is 45.0 Å². The molecule has 25 heavy (non-hydrogen) atoms. The Bertz CT molecular complexity index is 729. The summed E-state index contributed by atoms with van der Waals surface area (Å²) >= 11 is 11.5. The van der Waals surface area contributed by atoms with Crippen molar-refractivity contribution in [3.8, 4) is 0 Å². The summed E-state index contributed by atoms with van der Waals surface area (Å²) in [7, 11) is 0. The van der Waals surface area contributed by atoms with Crippen molar-refractivity contribution >= 4 is 35.2 Å². The van der Waals surface area contributed by atoms with Crippen LogP contribution in [0, 0.1) is 0 Å². The van der Waals surface area contributed by atoms with Gasteiger partial charge in [0.2, 0.25) is 16.5 Å². The van der Waals surface area contributed by atoms with Gasteiger partial charge in [0, 0.05) is 13.1 Å². The van der Waals surface area contributed by atoms with Gasteiger partial charge < -0.3 is 15.4 Å². The zero-order valence-corrected chi connectivity index (χ0v) is 15.6. The van der Waals surface area contributed by atoms with Gasteiger partial charge in [0.05, 0.1) is 0 Å². The number of carbonyl (C=O) groups is 1. The second kappa shape index (κ2) is 8.31. The zero-order valence-electron chi connectivity index (χ0n) is 14.1. The first kappa shape index (κ1) is 19.2. The van der Waals surface area contributed by atoms with Gasteiger partial charge in [-0.05, 0) is 55.1 Å². The molecule has 0 spiro atoms. The number of alkyl carbamates (subject to hydrolysis) is 1. The van der Waals surface area contributed by atoms with E-state index in [0.29, 0.717) is 19.0 Å². The van der Waals surface area contributed by atoms with Crippen molar-refractivity contribution in [2.45, 2.75) is 39.5 Å². The van der Waals surface area contributed by atoms with Crippen LogP contribution in [0.1, 0.15) is 31.9 Å². The summed E-state index contributed by atoms with van der Waals surface area (Å²) in [6, 6.07) is 7.71. The number of aromatic nitrogens is 3. The van der Waals surface area contributed by atoms with E-state index < -0.39 is 11.7 Å². The highest BCUT2D eigenvalue weighted by Crippen LogP contribution is 2.12. The van der Waals surface area contributed by atoms with E-state index in [4.69, 9.17) is 27.9 Å². The van der Waals surface area contributed by atoms with Crippen molar-refractivity contribution in [3.63, 3.8) is 0 Å². The third-order valence-corrected chi connectivity index (χ3v) is 3.20. The number of hydrogen-bond donors (Lipinski definition) is 2. The average Bonchev–Trinajstić information content (AvgIpc) is 2.49. The van der Waals surface area contributed by atoms with E-state index in [2.05, 4.69) is 25.6 Å². The number of benzene rings is 1. The number of hydrogen-bond acceptors (Lipinski definition) is 6. The van der Waals surface area contributed by atoms with Gasteiger partial charge in [0.15, 0.2) is 0 Å². The highest BCUT2D eigenvalue weighted by Gasteiger charge is 2.15. The summed E-state index contributed by atoms with van der Waals surface area (Å²) in [6.07, 6.45) is -0.453. The summed E-state index contributed by atoms with van der Waals surface area (Å²) < 4.78 is 5.21. The van der Waals surface area contributed by atoms with E-state index in [0.717, 1.165) is 11.1 Å². The fourth-order valence-corrected chi connectivity index (χ4v) is 2.29. The van der Waals surface area contributed by atoms with Crippen LogP contribution in [0.2, 0.25) is 10.6 Å². The fourth-order valence-electron chi connectivity index (χ4n) is 1.92. The lowest BCUT2D eigenvalue weighted by Gasteiger charge is -2.19. The van der Waals surface area contributed by atoms with E-state index >= 15 is 0 Å². The predicted molar refractivity (Wildman–Crippen MR) is 96.7 cm³/mol. The van der Waals surface area contributed by atoms with Crippen LogP contribution in [-0.4, -0.2) is 26.6 Å². The number of carbonyl (C=O) groups excluding carboxylic acids is 1. The molecule has 0 aliphatic rings. The SMILES string of the molecule is CC(C)(C)OC(=O)NCc1cccc(CNc2nc(Cl)nc(Cl)n2)c1. The topological polar surface area (TPSA) is 89.0 Å². The van der Waals surface area contributed by atoms with Gasteiger partial charge in [-0.25, -0.2) is 4.79 Å². The molecule has 2 rings (SSSR count). The lowest BCUT2D eigenvalue weighted by molar-refractivity contribution is 0.0523. The first-order chi connectivity index (χ1) is 11.7. The van der Waals surface area contributed by atoms with Crippen LogP contribution in [0.15, 0.2) is 24.3 Å². The third-order valence-electron chi connectivity index (χ3n) is 2.86. The fraction of sp³-hybridized carbons (Fsp3) is 0.375. The Morgan fingerprint density at radius 3 is 2.28 bits per heavy atom. The molecule has 134 valence electrons. The number of ether oxygens (including phenoxy) is 1. The van der Waals surface area contributed by atoms with E-state index in [-0.39, 0.29) is 10.6 Å². The quantitative estimate of drug-likeness (QED) is 0.815. The molecule has 0 atom stereocenters. The Hall–Kier alpha value is -2.12. The van der Waals surface area contributed by atoms with Gasteiger partial charge in [-0.1, -0.05) is 24.3 Å². The van der Waals surface area contributed by atoms with Crippen molar-refractivity contribution in [3.05, 3.63) is 46.0 Å². The maximum atomic E-state index is 11.7. The van der Waals surface area contributed by atoms with Crippen molar-refractivity contribution in [1.29, 1.82) is 0 Å². The Morgan fingerprint density at radius 2 is 1.68 bits per heavy atom. The number of anilines is 1. The monoisotopic (exact) mass is 383 g/mol. The molecule has 0 unspecified atom stereocenters. The zero-order chi connectivity index (χ0) is 18.4. The lowest BCUT2D eigenvalue weighted by Crippen LogP contribution is -2.32. The Morgan fingerprint density at radius 1 is 1.08 bits per heavy atom. The molecule has 0 bridgehead atoms. The van der Waals surface area contributed by atoms with Gasteiger partial charge in [0.1, 0.15) is 5.60 Å². The van der Waals surface area contributed by atoms with E-state index in [9.17, 15) is 4.79 Å². The van der Waals surface area contributed by atoms with Crippen LogP contribution >= 0.6 is 23.2 Å². The van der Waals surface area contributed by atoms with Gasteiger partial charge in [-0.2, -0.15) is 15.0 Å². The molecular weight excluding hydrogens is 365 g/mol. The van der Waals surface area contributed by atoms with Gasteiger partial charge >= 0.3 is 6.09 Å². The number of halogens is 2. The van der Waals surface area contributed by atoms with Crippen LogP contribution in [-0.2, 0) is 17.8 Å². The molecule has 0 aliphatic heterocycles. The largest absolute Gasteiger partial charge is 0.444 e. The minimum atomic E-state index is -0.525. The summed E-state index contributed by atoms with van der Waals surface area (Å²) in [6.45, 7) is 6.29. The van der Waals surface area contributed by atoms with Crippen molar-refractivity contribution in [2.24, 2.45) is 0 Å². The van der Waals surface area contributed by atoms with E-state index in [1.165, 1.54) is 0 Å². The first-order valence-electron chi connectivity index (χ1n) is 7.57. The minimum Gasteiger partial charge on any atom is -0.444 e. The summed E-state index contributed by atoms with van der Waals surface area (Å²) in [5.74, 6) is 0.294. The molecule has 9 heteroatoms. The molecule has 0 aliphatic carbocycles. The summed E-state index contributed by atoms with van der Waals surface area (Å²) in [5, 5.41) is 5.80. The van der Waals surface area contributed by atoms with Crippen LogP contribution in [0.25, 0.3) is 0 Å². The van der Waals surface area contributed by atoms with Gasteiger partial charge in [-0.3, -0.25) is 0 Å². The summed E-state index contributed by atoms with van der Waals surface area (Å²) in [4.78, 5) is 23.3. The first-order valence-corrected chi connectivity index (χ1v) is 8.32. The molecule has 0 saturated heterocycles. The predicted octanol–water partition coefficient (Wildman–Crippen LogP) is 3.82. The molecule has 0 saturated carbocycles. The summed E-state index contributed by atoms with van der Waals surface area (Å²) in [5.41, 5.74) is 1.40. The Kier molecular flexibility index (Phi) is 6.39. The van der Waals surface area contributed by atoms with Crippen LogP contribution in [0.3, 0.4) is 0 Å². The smallest absolute Gasteiger partial charge is 0.407 e. The van der Waals surface area contributed by atoms with E-state index in [1.54, 1.807) is 0 Å². The number of nitrogens with zero attached hydrogens (tertiary/aromatic N) is 3. The van der Waals surface area contributed by atoms with Gasteiger partial charge in [-0.15, -0.1) is 0 Å². The highest BCUT2D eigenvalue weighted by molar-refractivity contribution is 6.31. The average molecular weight is 384 g/mol. The molecule has 7 nitrogen and oxygen atoms in total. The maximum absolute atomic E-state index is 11.7. The van der Waals surface area contributed by atoms with Gasteiger partial charge in [0.25, 0.3) is 0 Å². The van der Waals surface area contributed by atoms with Crippen molar-refractivity contribution in [1.82, 2.24) is 20.3 Å². The number of amides is 1. The molecule has 0 radical (unpaired) electrons. The standard InChI is InChI=1S/C16H19Cl2N5O2/c1-16(2,3)25-15(24)20-9-11-6-4-5-10(7-11)8-19-14-22-12(17)21-13(18)23-14/h4-7H,8-9H2,1-3H3,(H,20,24)(H,19,21,22,23). The number of rotatable bonds is 5. The molecular formula is C16H19Cl2N5O2. The Labute approximate surface area is 156 Å². The van der Waals surface area contributed by atoms with Crippen LogP contribution < -0.4 is 10.6 Å². The van der Waals surface area contributed by atoms with Crippen LogP contribution in [0.4, 0.5) is 10.7 Å². The second-order valence-electron chi connectivity index (χ2n) is 6.23. The molecule has 0 fully saturated rings. The normalized spacial score (nSPS) is 11.1. The highest BCUT2D eigenvalue weighted by atomic mass is 35.5. The van der Waals surface area contributed by atoms with Crippen molar-refractivity contribution < 1.29 is 9.53 Å². The Balaban J connectivity index is 1.91. The maximum Gasteiger partial charge on any atom is 0.407 e. The van der Waals surface area contributed by atoms with Crippen molar-refractivity contribution in [2.75, 3.05) is 5.32 Å². The molecule has 1 amide bonds. The molecule has 1 heterocycles. The lowest BCUT2D eigenvalue weighted by atomic mass is 10.1.